The number of aliphatic hydroxyl groups excluding tert-OH is 1. The van der Waals surface area contributed by atoms with Gasteiger partial charge in [-0.25, -0.2) is 4.98 Å². The zero-order chi connectivity index (χ0) is 15.6. The maximum atomic E-state index is 10.6. The number of hydrogen-bond acceptors (Lipinski definition) is 3. The lowest BCUT2D eigenvalue weighted by Gasteiger charge is -2.17. The van der Waals surface area contributed by atoms with E-state index < -0.39 is 6.10 Å². The molecular formula is C19H20N2O2. The van der Waals surface area contributed by atoms with E-state index in [1.165, 1.54) is 0 Å². The summed E-state index contributed by atoms with van der Waals surface area (Å²) in [5.41, 5.74) is 2.93. The van der Waals surface area contributed by atoms with Gasteiger partial charge in [-0.05, 0) is 30.5 Å². The molecule has 1 aromatic heterocycles. The van der Waals surface area contributed by atoms with Crippen molar-refractivity contribution in [3.63, 3.8) is 0 Å². The van der Waals surface area contributed by atoms with Crippen molar-refractivity contribution in [3.8, 4) is 0 Å². The van der Waals surface area contributed by atoms with Gasteiger partial charge in [0, 0.05) is 6.61 Å². The van der Waals surface area contributed by atoms with Crippen LogP contribution in [0.15, 0.2) is 54.6 Å². The predicted molar refractivity (Wildman–Crippen MR) is 89.1 cm³/mol. The average molecular weight is 308 g/mol. The van der Waals surface area contributed by atoms with Crippen LogP contribution in [-0.4, -0.2) is 21.3 Å². The summed E-state index contributed by atoms with van der Waals surface area (Å²) in [6, 6.07) is 17.8. The molecule has 3 aromatic rings. The first-order valence-corrected chi connectivity index (χ1v) is 8.13. The molecule has 0 saturated carbocycles. The van der Waals surface area contributed by atoms with Crippen LogP contribution in [0.2, 0.25) is 0 Å². The summed E-state index contributed by atoms with van der Waals surface area (Å²) in [4.78, 5) is 4.77. The molecule has 0 aliphatic carbocycles. The first-order valence-electron chi connectivity index (χ1n) is 8.13. The molecule has 0 amide bonds. The maximum absolute atomic E-state index is 10.6. The molecule has 4 heteroatoms. The molecule has 1 aliphatic rings. The fourth-order valence-corrected chi connectivity index (χ4v) is 3.27. The van der Waals surface area contributed by atoms with Crippen LogP contribution in [0.1, 0.15) is 36.4 Å². The van der Waals surface area contributed by atoms with E-state index in [9.17, 15) is 5.11 Å². The third kappa shape index (κ3) is 2.76. The molecule has 0 bridgehead atoms. The smallest absolute Gasteiger partial charge is 0.139 e. The molecule has 1 fully saturated rings. The van der Waals surface area contributed by atoms with E-state index in [4.69, 9.17) is 9.72 Å². The normalized spacial score (nSPS) is 19.3. The zero-order valence-corrected chi connectivity index (χ0v) is 12.9. The van der Waals surface area contributed by atoms with E-state index in [1.54, 1.807) is 0 Å². The molecule has 1 saturated heterocycles. The molecule has 2 aromatic carbocycles. The van der Waals surface area contributed by atoms with Gasteiger partial charge in [0.15, 0.2) is 0 Å². The summed E-state index contributed by atoms with van der Waals surface area (Å²) < 4.78 is 7.95. The minimum absolute atomic E-state index is 0.0328. The van der Waals surface area contributed by atoms with E-state index in [0.29, 0.717) is 6.54 Å². The number of hydrogen-bond donors (Lipinski definition) is 1. The molecule has 0 radical (unpaired) electrons. The molecule has 0 unspecified atom stereocenters. The minimum atomic E-state index is -0.561. The van der Waals surface area contributed by atoms with Gasteiger partial charge in [-0.3, -0.25) is 0 Å². The Morgan fingerprint density at radius 2 is 1.91 bits per heavy atom. The van der Waals surface area contributed by atoms with Crippen LogP contribution < -0.4 is 0 Å². The third-order valence-electron chi connectivity index (χ3n) is 4.44. The minimum Gasteiger partial charge on any atom is -0.387 e. The van der Waals surface area contributed by atoms with E-state index in [2.05, 4.69) is 10.6 Å². The highest BCUT2D eigenvalue weighted by molar-refractivity contribution is 5.76. The van der Waals surface area contributed by atoms with Crippen LogP contribution in [0.3, 0.4) is 0 Å². The summed E-state index contributed by atoms with van der Waals surface area (Å²) in [5, 5.41) is 10.6. The number of nitrogens with zero attached hydrogens (tertiary/aromatic N) is 2. The molecule has 4 rings (SSSR count). The number of ether oxygens (including phenoxy) is 1. The molecule has 1 N–H and O–H groups in total. The van der Waals surface area contributed by atoms with E-state index in [0.717, 1.165) is 41.9 Å². The standard InChI is InChI=1S/C19H20N2O2/c22-17(14-7-2-1-3-8-14)13-21-16-10-5-4-9-15(16)20-19(21)18-11-6-12-23-18/h1-5,7-10,17-18,22H,6,11-13H2/t17-,18-/m1/s1. The number of aromatic nitrogens is 2. The molecule has 2 atom stereocenters. The number of aliphatic hydroxyl groups is 1. The van der Waals surface area contributed by atoms with Crippen LogP contribution in [0, 0.1) is 0 Å². The van der Waals surface area contributed by atoms with Gasteiger partial charge in [-0.2, -0.15) is 0 Å². The number of benzene rings is 2. The van der Waals surface area contributed by atoms with Crippen molar-refractivity contribution >= 4 is 11.0 Å². The first kappa shape index (κ1) is 14.4. The van der Waals surface area contributed by atoms with E-state index in [1.807, 2.05) is 48.5 Å². The Morgan fingerprint density at radius 1 is 1.13 bits per heavy atom. The van der Waals surface area contributed by atoms with Gasteiger partial charge in [0.2, 0.25) is 0 Å². The SMILES string of the molecule is O[C@H](Cn1c([C@H]2CCCO2)nc2ccccc21)c1ccccc1. The van der Waals surface area contributed by atoms with Gasteiger partial charge < -0.3 is 14.4 Å². The fraction of sp³-hybridized carbons (Fsp3) is 0.316. The Kier molecular flexibility index (Phi) is 3.85. The highest BCUT2D eigenvalue weighted by atomic mass is 16.5. The maximum Gasteiger partial charge on any atom is 0.139 e. The van der Waals surface area contributed by atoms with Crippen LogP contribution >= 0.6 is 0 Å². The highest BCUT2D eigenvalue weighted by Crippen LogP contribution is 2.31. The summed E-state index contributed by atoms with van der Waals surface area (Å²) in [6.45, 7) is 1.27. The van der Waals surface area contributed by atoms with Gasteiger partial charge in [0.05, 0.1) is 23.7 Å². The topological polar surface area (TPSA) is 47.3 Å². The van der Waals surface area contributed by atoms with Crippen molar-refractivity contribution in [3.05, 3.63) is 66.0 Å². The lowest BCUT2D eigenvalue weighted by molar-refractivity contribution is 0.0968. The number of rotatable bonds is 4. The highest BCUT2D eigenvalue weighted by Gasteiger charge is 2.25. The Morgan fingerprint density at radius 3 is 2.70 bits per heavy atom. The molecular weight excluding hydrogens is 288 g/mol. The Hall–Kier alpha value is -2.17. The fourth-order valence-electron chi connectivity index (χ4n) is 3.27. The Labute approximate surface area is 135 Å². The first-order chi connectivity index (χ1) is 11.3. The van der Waals surface area contributed by atoms with Crippen LogP contribution in [-0.2, 0) is 11.3 Å². The molecule has 118 valence electrons. The van der Waals surface area contributed by atoms with E-state index >= 15 is 0 Å². The summed E-state index contributed by atoms with van der Waals surface area (Å²) >= 11 is 0. The Balaban J connectivity index is 1.73. The van der Waals surface area contributed by atoms with Crippen LogP contribution in [0.4, 0.5) is 0 Å². The summed E-state index contributed by atoms with van der Waals surface area (Å²) in [5.74, 6) is 0.929. The molecule has 23 heavy (non-hydrogen) atoms. The second-order valence-corrected chi connectivity index (χ2v) is 6.00. The van der Waals surface area contributed by atoms with E-state index in [-0.39, 0.29) is 6.10 Å². The van der Waals surface area contributed by atoms with Crippen LogP contribution in [0.5, 0.6) is 0 Å². The number of para-hydroxylation sites is 2. The summed E-state index contributed by atoms with van der Waals surface area (Å²) in [6.07, 6.45) is 1.53. The van der Waals surface area contributed by atoms with Crippen molar-refractivity contribution in [2.24, 2.45) is 0 Å². The zero-order valence-electron chi connectivity index (χ0n) is 12.9. The molecule has 1 aliphatic heterocycles. The quantitative estimate of drug-likeness (QED) is 0.801. The summed E-state index contributed by atoms with van der Waals surface area (Å²) in [7, 11) is 0. The molecule has 0 spiro atoms. The lowest BCUT2D eigenvalue weighted by atomic mass is 10.1. The van der Waals surface area contributed by atoms with Crippen LogP contribution in [0.25, 0.3) is 11.0 Å². The van der Waals surface area contributed by atoms with Gasteiger partial charge in [0.25, 0.3) is 0 Å². The third-order valence-corrected chi connectivity index (χ3v) is 4.44. The van der Waals surface area contributed by atoms with Crippen molar-refractivity contribution in [2.45, 2.75) is 31.6 Å². The van der Waals surface area contributed by atoms with Gasteiger partial charge in [0.1, 0.15) is 11.9 Å². The van der Waals surface area contributed by atoms with Crippen molar-refractivity contribution < 1.29 is 9.84 Å². The molecule has 2 heterocycles. The predicted octanol–water partition coefficient (Wildman–Crippen LogP) is 3.62. The average Bonchev–Trinajstić information content (AvgIpc) is 3.24. The second-order valence-electron chi connectivity index (χ2n) is 6.00. The van der Waals surface area contributed by atoms with Gasteiger partial charge in [-0.15, -0.1) is 0 Å². The lowest BCUT2D eigenvalue weighted by Crippen LogP contribution is -2.14. The van der Waals surface area contributed by atoms with Gasteiger partial charge in [-0.1, -0.05) is 42.5 Å². The number of fused-ring (bicyclic) bond motifs is 1. The largest absolute Gasteiger partial charge is 0.387 e. The van der Waals surface area contributed by atoms with Gasteiger partial charge >= 0.3 is 0 Å². The van der Waals surface area contributed by atoms with Crippen molar-refractivity contribution in [1.29, 1.82) is 0 Å². The molecule has 4 nitrogen and oxygen atoms in total. The monoisotopic (exact) mass is 308 g/mol. The number of imidazole rings is 1. The van der Waals surface area contributed by atoms with Crippen molar-refractivity contribution in [1.82, 2.24) is 9.55 Å². The Bertz CT molecular complexity index is 791. The second kappa shape index (κ2) is 6.14. The van der Waals surface area contributed by atoms with Crippen molar-refractivity contribution in [2.75, 3.05) is 6.61 Å².